The third kappa shape index (κ3) is 5.48. The molecule has 1 N–H and O–H groups in total. The molecule has 0 aliphatic heterocycles. The number of carbonyl (C=O) groups excluding carboxylic acids is 1. The fourth-order valence-electron chi connectivity index (χ4n) is 2.48. The summed E-state index contributed by atoms with van der Waals surface area (Å²) < 4.78 is 37.2. The highest BCUT2D eigenvalue weighted by Crippen LogP contribution is 2.24. The summed E-state index contributed by atoms with van der Waals surface area (Å²) >= 11 is 1.24. The van der Waals surface area contributed by atoms with E-state index >= 15 is 0 Å². The average Bonchev–Trinajstić information content (AvgIpc) is 3.43. The first-order valence-electron chi connectivity index (χ1n) is 9.00. The van der Waals surface area contributed by atoms with Crippen LogP contribution in [0.2, 0.25) is 0 Å². The van der Waals surface area contributed by atoms with Gasteiger partial charge < -0.3 is 14.3 Å². The van der Waals surface area contributed by atoms with Gasteiger partial charge >= 0.3 is 0 Å². The van der Waals surface area contributed by atoms with E-state index in [0.29, 0.717) is 28.8 Å². The molecule has 0 unspecified atom stereocenters. The zero-order valence-electron chi connectivity index (χ0n) is 15.8. The molecule has 0 spiro atoms. The van der Waals surface area contributed by atoms with Gasteiger partial charge in [0, 0.05) is 36.9 Å². The van der Waals surface area contributed by atoms with Crippen molar-refractivity contribution < 1.29 is 22.5 Å². The Morgan fingerprint density at radius 2 is 1.97 bits per heavy atom. The number of anilines is 1. The van der Waals surface area contributed by atoms with E-state index in [0.717, 1.165) is 17.7 Å². The second-order valence-electron chi connectivity index (χ2n) is 6.17. The lowest BCUT2D eigenvalue weighted by Gasteiger charge is -2.05. The Kier molecular flexibility index (Phi) is 6.26. The maximum absolute atomic E-state index is 13.6. The first kappa shape index (κ1) is 20.6. The summed E-state index contributed by atoms with van der Waals surface area (Å²) in [6, 6.07) is 6.43. The minimum atomic E-state index is -0.849. The predicted molar refractivity (Wildman–Crippen MR) is 105 cm³/mol. The number of hydrogen-bond acceptors (Lipinski definition) is 9. The van der Waals surface area contributed by atoms with Crippen molar-refractivity contribution >= 4 is 23.4 Å². The molecule has 0 atom stereocenters. The Morgan fingerprint density at radius 1 is 1.13 bits per heavy atom. The monoisotopic (exact) mass is 444 g/mol. The summed E-state index contributed by atoms with van der Waals surface area (Å²) in [5, 5.41) is 14.5. The van der Waals surface area contributed by atoms with E-state index in [9.17, 15) is 13.6 Å². The molecule has 3 heterocycles. The van der Waals surface area contributed by atoms with E-state index < -0.39 is 17.5 Å². The maximum atomic E-state index is 13.6. The van der Waals surface area contributed by atoms with E-state index in [2.05, 4.69) is 30.6 Å². The van der Waals surface area contributed by atoms with Gasteiger partial charge in [0.05, 0.1) is 11.4 Å². The molecule has 0 bridgehead atoms. The number of aryl methyl sites for hydroxylation is 1. The molecule has 158 valence electrons. The number of hydrogen-bond donors (Lipinski definition) is 1. The summed E-state index contributed by atoms with van der Waals surface area (Å²) in [5.74, 6) is -0.674. The van der Waals surface area contributed by atoms with E-state index in [1.54, 1.807) is 24.5 Å². The molecular weight excluding hydrogens is 430 g/mol. The van der Waals surface area contributed by atoms with Gasteiger partial charge in [-0.2, -0.15) is 4.98 Å². The van der Waals surface area contributed by atoms with Crippen LogP contribution in [0, 0.1) is 11.6 Å². The van der Waals surface area contributed by atoms with Gasteiger partial charge in [-0.3, -0.25) is 9.78 Å². The molecule has 4 rings (SSSR count). The number of benzene rings is 1. The van der Waals surface area contributed by atoms with Gasteiger partial charge in [-0.1, -0.05) is 16.9 Å². The molecule has 1 amide bonds. The van der Waals surface area contributed by atoms with Crippen molar-refractivity contribution in [1.82, 2.24) is 25.3 Å². The number of rotatable bonds is 8. The van der Waals surface area contributed by atoms with Crippen molar-refractivity contribution in [3.63, 3.8) is 0 Å². The fourth-order valence-corrected chi connectivity index (χ4v) is 3.09. The van der Waals surface area contributed by atoms with Crippen LogP contribution in [0.4, 0.5) is 14.5 Å². The van der Waals surface area contributed by atoms with Crippen molar-refractivity contribution in [2.24, 2.45) is 0 Å². The Balaban J connectivity index is 1.26. The summed E-state index contributed by atoms with van der Waals surface area (Å²) in [5.41, 5.74) is 0.662. The molecule has 0 radical (unpaired) electrons. The van der Waals surface area contributed by atoms with Crippen LogP contribution in [0.15, 0.2) is 56.9 Å². The van der Waals surface area contributed by atoms with Crippen molar-refractivity contribution in [2.45, 2.75) is 23.8 Å². The van der Waals surface area contributed by atoms with Gasteiger partial charge in [-0.05, 0) is 24.3 Å². The molecular formula is C19H14F2N6O3S. The average molecular weight is 444 g/mol. The van der Waals surface area contributed by atoms with Crippen LogP contribution in [0.1, 0.15) is 18.1 Å². The second-order valence-corrected chi connectivity index (χ2v) is 7.10. The normalized spacial score (nSPS) is 10.9. The first-order valence-corrected chi connectivity index (χ1v) is 9.98. The number of nitrogens with one attached hydrogen (secondary N) is 1. The molecule has 9 nitrogen and oxygen atoms in total. The van der Waals surface area contributed by atoms with Gasteiger partial charge in [0.25, 0.3) is 5.22 Å². The van der Waals surface area contributed by atoms with Gasteiger partial charge in [0.1, 0.15) is 11.6 Å². The van der Waals surface area contributed by atoms with E-state index in [1.165, 1.54) is 11.8 Å². The Morgan fingerprint density at radius 3 is 2.77 bits per heavy atom. The van der Waals surface area contributed by atoms with Gasteiger partial charge in [0.15, 0.2) is 5.82 Å². The molecule has 0 fully saturated rings. The molecule has 4 aromatic rings. The third-order valence-electron chi connectivity index (χ3n) is 3.94. The molecule has 0 saturated carbocycles. The van der Waals surface area contributed by atoms with Crippen molar-refractivity contribution in [3.8, 4) is 11.5 Å². The smallest absolute Gasteiger partial charge is 0.277 e. The number of halogens is 2. The highest BCUT2D eigenvalue weighted by atomic mass is 32.2. The Hall–Kier alpha value is -3.67. The number of pyridine rings is 1. The lowest BCUT2D eigenvalue weighted by molar-refractivity contribution is -0.116. The third-order valence-corrected chi connectivity index (χ3v) is 4.75. The fraction of sp³-hybridized carbons (Fsp3) is 0.158. The lowest BCUT2D eigenvalue weighted by Crippen LogP contribution is -2.13. The standard InChI is InChI=1S/C19H14F2N6O3S/c20-12-1-2-14(13(21)9-12)23-16(28)3-4-17-24-15(27-30-17)10-31-19-26-25-18(29-19)11-5-7-22-8-6-11/h1-2,5-9H,3-4,10H2,(H,23,28). The van der Waals surface area contributed by atoms with Crippen LogP contribution in [-0.2, 0) is 17.0 Å². The predicted octanol–water partition coefficient (Wildman–Crippen LogP) is 3.66. The van der Waals surface area contributed by atoms with Gasteiger partial charge in [-0.15, -0.1) is 10.2 Å². The zero-order valence-corrected chi connectivity index (χ0v) is 16.6. The molecule has 12 heteroatoms. The van der Waals surface area contributed by atoms with Crippen molar-refractivity contribution in [2.75, 3.05) is 5.32 Å². The topological polar surface area (TPSA) is 120 Å². The van der Waals surface area contributed by atoms with E-state index in [1.807, 2.05) is 0 Å². The number of nitrogens with zero attached hydrogens (tertiary/aromatic N) is 5. The SMILES string of the molecule is O=C(CCc1nc(CSc2nnc(-c3ccncc3)o2)no1)Nc1ccc(F)cc1F. The molecule has 0 saturated heterocycles. The van der Waals surface area contributed by atoms with Crippen LogP contribution in [0.25, 0.3) is 11.5 Å². The number of thioether (sulfide) groups is 1. The minimum Gasteiger partial charge on any atom is -0.411 e. The summed E-state index contributed by atoms with van der Waals surface area (Å²) in [6.07, 6.45) is 3.41. The highest BCUT2D eigenvalue weighted by molar-refractivity contribution is 7.98. The largest absolute Gasteiger partial charge is 0.411 e. The van der Waals surface area contributed by atoms with Crippen LogP contribution in [-0.4, -0.2) is 31.2 Å². The van der Waals surface area contributed by atoms with Crippen LogP contribution >= 0.6 is 11.8 Å². The molecule has 0 aliphatic carbocycles. The second kappa shape index (κ2) is 9.43. The summed E-state index contributed by atoms with van der Waals surface area (Å²) in [4.78, 5) is 20.1. The number of carbonyl (C=O) groups is 1. The highest BCUT2D eigenvalue weighted by Gasteiger charge is 2.14. The maximum Gasteiger partial charge on any atom is 0.277 e. The molecule has 0 aliphatic rings. The van der Waals surface area contributed by atoms with Crippen LogP contribution < -0.4 is 5.32 Å². The minimum absolute atomic E-state index is 0.00938. The summed E-state index contributed by atoms with van der Waals surface area (Å²) in [6.45, 7) is 0. The lowest BCUT2D eigenvalue weighted by atomic mass is 10.2. The quantitative estimate of drug-likeness (QED) is 0.406. The van der Waals surface area contributed by atoms with Crippen LogP contribution in [0.5, 0.6) is 0 Å². The van der Waals surface area contributed by atoms with Crippen molar-refractivity contribution in [1.29, 1.82) is 0 Å². The van der Waals surface area contributed by atoms with E-state index in [-0.39, 0.29) is 24.4 Å². The van der Waals surface area contributed by atoms with Crippen LogP contribution in [0.3, 0.4) is 0 Å². The van der Waals surface area contributed by atoms with Gasteiger partial charge in [0.2, 0.25) is 17.7 Å². The van der Waals surface area contributed by atoms with Gasteiger partial charge in [-0.25, -0.2) is 8.78 Å². The number of amides is 1. The molecule has 3 aromatic heterocycles. The first-order chi connectivity index (χ1) is 15.1. The molecule has 1 aromatic carbocycles. The number of aromatic nitrogens is 5. The summed E-state index contributed by atoms with van der Waals surface area (Å²) in [7, 11) is 0. The Bertz CT molecular complexity index is 1180. The van der Waals surface area contributed by atoms with Crippen molar-refractivity contribution in [3.05, 3.63) is 66.1 Å². The van der Waals surface area contributed by atoms with E-state index in [4.69, 9.17) is 8.94 Å². The zero-order chi connectivity index (χ0) is 21.6. The molecule has 31 heavy (non-hydrogen) atoms. The Labute approximate surface area is 178 Å².